The SMILES string of the molecule is CC1CN(CC(N)C(N)=O)C1. The van der Waals surface area contributed by atoms with Crippen LogP contribution >= 0.6 is 0 Å². The quantitative estimate of drug-likeness (QED) is 0.537. The Morgan fingerprint density at radius 1 is 1.73 bits per heavy atom. The van der Waals surface area contributed by atoms with Gasteiger partial charge in [-0.25, -0.2) is 0 Å². The van der Waals surface area contributed by atoms with Gasteiger partial charge in [0.25, 0.3) is 0 Å². The van der Waals surface area contributed by atoms with Gasteiger partial charge < -0.3 is 16.4 Å². The standard InChI is InChI=1S/C7H15N3O/c1-5-2-10(3-5)4-6(8)7(9)11/h5-6H,2-4,8H2,1H3,(H2,9,11). The van der Waals surface area contributed by atoms with Crippen molar-refractivity contribution in [1.29, 1.82) is 0 Å². The number of likely N-dealkylation sites (tertiary alicyclic amines) is 1. The minimum atomic E-state index is -0.498. The summed E-state index contributed by atoms with van der Waals surface area (Å²) in [5.41, 5.74) is 10.5. The molecule has 4 heteroatoms. The van der Waals surface area contributed by atoms with Crippen LogP contribution in [0.1, 0.15) is 6.92 Å². The maximum atomic E-state index is 10.5. The summed E-state index contributed by atoms with van der Waals surface area (Å²) in [6.07, 6.45) is 0. The fourth-order valence-electron chi connectivity index (χ4n) is 1.35. The van der Waals surface area contributed by atoms with E-state index in [0.717, 1.165) is 19.0 Å². The van der Waals surface area contributed by atoms with E-state index in [1.54, 1.807) is 0 Å². The Morgan fingerprint density at radius 3 is 2.64 bits per heavy atom. The number of nitrogens with two attached hydrogens (primary N) is 2. The molecule has 1 atom stereocenters. The first-order valence-corrected chi connectivity index (χ1v) is 3.87. The molecule has 0 aromatic rings. The van der Waals surface area contributed by atoms with E-state index in [1.165, 1.54) is 0 Å². The highest BCUT2D eigenvalue weighted by Gasteiger charge is 2.25. The first kappa shape index (κ1) is 8.49. The van der Waals surface area contributed by atoms with E-state index in [9.17, 15) is 4.79 Å². The van der Waals surface area contributed by atoms with Crippen molar-refractivity contribution >= 4 is 5.91 Å². The maximum Gasteiger partial charge on any atom is 0.235 e. The van der Waals surface area contributed by atoms with Gasteiger partial charge in [-0.1, -0.05) is 6.92 Å². The number of amides is 1. The molecule has 4 N–H and O–H groups in total. The van der Waals surface area contributed by atoms with Gasteiger partial charge in [-0.3, -0.25) is 4.79 Å². The van der Waals surface area contributed by atoms with Crippen LogP contribution in [0, 0.1) is 5.92 Å². The number of carbonyl (C=O) groups excluding carboxylic acids is 1. The Kier molecular flexibility index (Phi) is 2.46. The fraction of sp³-hybridized carbons (Fsp3) is 0.857. The van der Waals surface area contributed by atoms with Gasteiger partial charge in [0.2, 0.25) is 5.91 Å². The van der Waals surface area contributed by atoms with Crippen molar-refractivity contribution < 1.29 is 4.79 Å². The number of rotatable bonds is 3. The van der Waals surface area contributed by atoms with Crippen LogP contribution in [-0.4, -0.2) is 36.5 Å². The third-order valence-corrected chi connectivity index (χ3v) is 1.96. The smallest absolute Gasteiger partial charge is 0.235 e. The molecule has 1 amide bonds. The van der Waals surface area contributed by atoms with E-state index >= 15 is 0 Å². The molecule has 0 aromatic heterocycles. The average Bonchev–Trinajstić information content (AvgIpc) is 1.84. The second-order valence-electron chi connectivity index (χ2n) is 3.33. The molecule has 4 nitrogen and oxygen atoms in total. The third-order valence-electron chi connectivity index (χ3n) is 1.96. The molecule has 0 aromatic carbocycles. The molecule has 1 aliphatic heterocycles. The van der Waals surface area contributed by atoms with Gasteiger partial charge in [-0.2, -0.15) is 0 Å². The Bertz CT molecular complexity index is 154. The summed E-state index contributed by atoms with van der Waals surface area (Å²) >= 11 is 0. The van der Waals surface area contributed by atoms with Gasteiger partial charge in [-0.15, -0.1) is 0 Å². The summed E-state index contributed by atoms with van der Waals surface area (Å²) in [6.45, 7) is 4.87. The summed E-state index contributed by atoms with van der Waals surface area (Å²) in [7, 11) is 0. The minimum Gasteiger partial charge on any atom is -0.368 e. The van der Waals surface area contributed by atoms with Crippen LogP contribution in [0.5, 0.6) is 0 Å². The van der Waals surface area contributed by atoms with Crippen LogP contribution in [0.4, 0.5) is 0 Å². The summed E-state index contributed by atoms with van der Waals surface area (Å²) in [6, 6.07) is -0.498. The van der Waals surface area contributed by atoms with E-state index < -0.39 is 11.9 Å². The van der Waals surface area contributed by atoms with Crippen molar-refractivity contribution in [2.75, 3.05) is 19.6 Å². The fourth-order valence-corrected chi connectivity index (χ4v) is 1.35. The third kappa shape index (κ3) is 2.17. The molecule has 1 saturated heterocycles. The lowest BCUT2D eigenvalue weighted by atomic mass is 10.0. The molecule has 0 saturated carbocycles. The predicted molar refractivity (Wildman–Crippen MR) is 42.8 cm³/mol. The zero-order valence-corrected chi connectivity index (χ0v) is 6.79. The first-order chi connectivity index (χ1) is 5.09. The Morgan fingerprint density at radius 2 is 2.27 bits per heavy atom. The van der Waals surface area contributed by atoms with Crippen molar-refractivity contribution in [3.05, 3.63) is 0 Å². The van der Waals surface area contributed by atoms with Crippen molar-refractivity contribution in [2.24, 2.45) is 17.4 Å². The Hall–Kier alpha value is -0.610. The molecule has 1 fully saturated rings. The summed E-state index contributed by atoms with van der Waals surface area (Å²) in [4.78, 5) is 12.7. The molecular formula is C7H15N3O. The van der Waals surface area contributed by atoms with E-state index in [0.29, 0.717) is 6.54 Å². The largest absolute Gasteiger partial charge is 0.368 e. The van der Waals surface area contributed by atoms with E-state index in [-0.39, 0.29) is 0 Å². The van der Waals surface area contributed by atoms with Gasteiger partial charge in [0.05, 0.1) is 6.04 Å². The molecule has 1 heterocycles. The molecule has 64 valence electrons. The second-order valence-corrected chi connectivity index (χ2v) is 3.33. The molecule has 11 heavy (non-hydrogen) atoms. The lowest BCUT2D eigenvalue weighted by molar-refractivity contribution is -0.120. The number of carbonyl (C=O) groups is 1. The zero-order valence-electron chi connectivity index (χ0n) is 6.79. The van der Waals surface area contributed by atoms with Crippen LogP contribution in [0.15, 0.2) is 0 Å². The molecular weight excluding hydrogens is 142 g/mol. The van der Waals surface area contributed by atoms with Gasteiger partial charge >= 0.3 is 0 Å². The van der Waals surface area contributed by atoms with Crippen LogP contribution in [-0.2, 0) is 4.79 Å². The van der Waals surface area contributed by atoms with Gasteiger partial charge in [0, 0.05) is 19.6 Å². The lowest BCUT2D eigenvalue weighted by Crippen LogP contribution is -2.53. The summed E-state index contributed by atoms with van der Waals surface area (Å²) in [5.74, 6) is 0.333. The number of nitrogens with zero attached hydrogens (tertiary/aromatic N) is 1. The zero-order chi connectivity index (χ0) is 8.43. The van der Waals surface area contributed by atoms with Crippen molar-refractivity contribution in [1.82, 2.24) is 4.90 Å². The predicted octanol–water partition coefficient (Wildman–Crippen LogP) is -1.25. The van der Waals surface area contributed by atoms with Crippen molar-refractivity contribution in [3.63, 3.8) is 0 Å². The molecule has 0 bridgehead atoms. The highest BCUT2D eigenvalue weighted by molar-refractivity contribution is 5.79. The topological polar surface area (TPSA) is 72.3 Å². The molecule has 1 rings (SSSR count). The monoisotopic (exact) mass is 157 g/mol. The van der Waals surface area contributed by atoms with Crippen molar-refractivity contribution in [2.45, 2.75) is 13.0 Å². The molecule has 0 radical (unpaired) electrons. The van der Waals surface area contributed by atoms with Gasteiger partial charge in [0.1, 0.15) is 0 Å². The van der Waals surface area contributed by atoms with Crippen LogP contribution < -0.4 is 11.5 Å². The van der Waals surface area contributed by atoms with Crippen LogP contribution in [0.3, 0.4) is 0 Å². The first-order valence-electron chi connectivity index (χ1n) is 3.87. The van der Waals surface area contributed by atoms with Gasteiger partial charge in [0.15, 0.2) is 0 Å². The maximum absolute atomic E-state index is 10.5. The number of primary amides is 1. The Balaban J connectivity index is 2.16. The molecule has 1 aliphatic rings. The van der Waals surface area contributed by atoms with E-state index in [2.05, 4.69) is 11.8 Å². The highest BCUT2D eigenvalue weighted by Crippen LogP contribution is 2.13. The minimum absolute atomic E-state index is 0.412. The van der Waals surface area contributed by atoms with Gasteiger partial charge in [-0.05, 0) is 5.92 Å². The van der Waals surface area contributed by atoms with E-state index in [1.807, 2.05) is 0 Å². The number of hydrogen-bond acceptors (Lipinski definition) is 3. The highest BCUT2D eigenvalue weighted by atomic mass is 16.1. The van der Waals surface area contributed by atoms with E-state index in [4.69, 9.17) is 11.5 Å². The summed E-state index contributed by atoms with van der Waals surface area (Å²) in [5, 5.41) is 0. The Labute approximate surface area is 66.5 Å². The van der Waals surface area contributed by atoms with Crippen molar-refractivity contribution in [3.8, 4) is 0 Å². The molecule has 1 unspecified atom stereocenters. The molecule has 0 aliphatic carbocycles. The number of hydrogen-bond donors (Lipinski definition) is 2. The van der Waals surface area contributed by atoms with Crippen LogP contribution in [0.25, 0.3) is 0 Å². The summed E-state index contributed by atoms with van der Waals surface area (Å²) < 4.78 is 0. The lowest BCUT2D eigenvalue weighted by Gasteiger charge is -2.38. The normalized spacial score (nSPS) is 22.7. The second kappa shape index (κ2) is 3.19. The van der Waals surface area contributed by atoms with Crippen LogP contribution in [0.2, 0.25) is 0 Å². The average molecular weight is 157 g/mol. The molecule has 0 spiro atoms.